The summed E-state index contributed by atoms with van der Waals surface area (Å²) in [7, 11) is 0. The second kappa shape index (κ2) is 5.55. The zero-order valence-corrected chi connectivity index (χ0v) is 13.3. The topological polar surface area (TPSA) is 33.6 Å². The van der Waals surface area contributed by atoms with Crippen LogP contribution in [0.1, 0.15) is 24.7 Å². The van der Waals surface area contributed by atoms with E-state index >= 15 is 0 Å². The maximum absolute atomic E-state index is 6.19. The fourth-order valence-electron chi connectivity index (χ4n) is 1.78. The van der Waals surface area contributed by atoms with Crippen molar-refractivity contribution in [1.82, 2.24) is 14.8 Å². The number of hydrogen-bond acceptors (Lipinski definition) is 2. The third-order valence-electron chi connectivity index (χ3n) is 2.68. The highest BCUT2D eigenvalue weighted by Crippen LogP contribution is 2.29. The Morgan fingerprint density at radius 3 is 2.89 bits per heavy atom. The van der Waals surface area contributed by atoms with Gasteiger partial charge in [0.2, 0.25) is 0 Å². The largest absolute Gasteiger partial charge is 0.271 e. The molecule has 1 N–H and O–H groups in total. The highest BCUT2D eigenvalue weighted by atomic mass is 79.9. The van der Waals surface area contributed by atoms with Crippen LogP contribution in [0.4, 0.5) is 0 Å². The Morgan fingerprint density at radius 2 is 2.22 bits per heavy atom. The van der Waals surface area contributed by atoms with E-state index in [2.05, 4.69) is 33.1 Å². The standard InChI is InChI=1S/C12H13BrClN3S/c1-3-4-11-15-16-12(18)17(11)10-6-9(14)7(2)5-8(10)13/h5-6H,3-4H2,1-2H3,(H,16,18). The molecule has 0 saturated carbocycles. The Labute approximate surface area is 124 Å². The fourth-order valence-corrected chi connectivity index (χ4v) is 2.82. The minimum atomic E-state index is 0.582. The molecule has 2 rings (SSSR count). The minimum Gasteiger partial charge on any atom is -0.271 e. The minimum absolute atomic E-state index is 0.582. The van der Waals surface area contributed by atoms with E-state index in [0.717, 1.165) is 39.4 Å². The molecule has 0 saturated heterocycles. The van der Waals surface area contributed by atoms with Crippen LogP contribution in [0, 0.1) is 11.7 Å². The Balaban J connectivity index is 2.65. The normalized spacial score (nSPS) is 10.9. The molecule has 0 amide bonds. The van der Waals surface area contributed by atoms with E-state index in [0.29, 0.717) is 4.77 Å². The van der Waals surface area contributed by atoms with Crippen LogP contribution in [0.15, 0.2) is 16.6 Å². The van der Waals surface area contributed by atoms with Crippen molar-refractivity contribution >= 4 is 39.7 Å². The van der Waals surface area contributed by atoms with Crippen LogP contribution >= 0.6 is 39.7 Å². The van der Waals surface area contributed by atoms with Gasteiger partial charge in [-0.15, -0.1) is 0 Å². The van der Waals surface area contributed by atoms with Gasteiger partial charge in [-0.3, -0.25) is 9.67 Å². The second-order valence-electron chi connectivity index (χ2n) is 4.08. The van der Waals surface area contributed by atoms with Gasteiger partial charge in [-0.1, -0.05) is 18.5 Å². The molecule has 1 aromatic carbocycles. The van der Waals surface area contributed by atoms with Gasteiger partial charge in [-0.25, -0.2) is 0 Å². The molecule has 0 fully saturated rings. The first-order valence-electron chi connectivity index (χ1n) is 5.67. The predicted octanol–water partition coefficient (Wildman–Crippen LogP) is 4.61. The Morgan fingerprint density at radius 1 is 1.50 bits per heavy atom. The van der Waals surface area contributed by atoms with Crippen molar-refractivity contribution in [3.8, 4) is 5.69 Å². The molecule has 18 heavy (non-hydrogen) atoms. The van der Waals surface area contributed by atoms with Crippen molar-refractivity contribution in [2.45, 2.75) is 26.7 Å². The number of aromatic amines is 1. The average Bonchev–Trinajstić information content (AvgIpc) is 2.66. The first-order valence-corrected chi connectivity index (χ1v) is 7.24. The Kier molecular flexibility index (Phi) is 4.25. The van der Waals surface area contributed by atoms with Crippen molar-refractivity contribution in [2.75, 3.05) is 0 Å². The molecule has 3 nitrogen and oxygen atoms in total. The van der Waals surface area contributed by atoms with Crippen molar-refractivity contribution in [1.29, 1.82) is 0 Å². The summed E-state index contributed by atoms with van der Waals surface area (Å²) in [4.78, 5) is 0. The molecule has 0 aliphatic rings. The van der Waals surface area contributed by atoms with Gasteiger partial charge in [0.25, 0.3) is 0 Å². The molecule has 96 valence electrons. The molecule has 1 aromatic heterocycles. The average molecular weight is 347 g/mol. The first-order chi connectivity index (χ1) is 8.54. The summed E-state index contributed by atoms with van der Waals surface area (Å²) in [6.45, 7) is 4.08. The van der Waals surface area contributed by atoms with Gasteiger partial charge in [-0.05, 0) is 59.2 Å². The van der Waals surface area contributed by atoms with Crippen LogP contribution in [0.2, 0.25) is 5.02 Å². The van der Waals surface area contributed by atoms with Gasteiger partial charge in [-0.2, -0.15) is 5.10 Å². The monoisotopic (exact) mass is 345 g/mol. The number of H-pyrrole nitrogens is 1. The van der Waals surface area contributed by atoms with Crippen LogP contribution in [0.5, 0.6) is 0 Å². The summed E-state index contributed by atoms with van der Waals surface area (Å²) >= 11 is 15.0. The number of aromatic nitrogens is 3. The van der Waals surface area contributed by atoms with Gasteiger partial charge in [0.05, 0.1) is 5.69 Å². The highest BCUT2D eigenvalue weighted by molar-refractivity contribution is 9.10. The Hall–Kier alpha value is -0.650. The maximum atomic E-state index is 6.19. The lowest BCUT2D eigenvalue weighted by Crippen LogP contribution is -2.02. The van der Waals surface area contributed by atoms with Gasteiger partial charge in [0, 0.05) is 15.9 Å². The highest BCUT2D eigenvalue weighted by Gasteiger charge is 2.12. The number of halogens is 2. The number of hydrogen-bond donors (Lipinski definition) is 1. The SMILES string of the molecule is CCCc1n[nH]c(=S)n1-c1cc(Cl)c(C)cc1Br. The van der Waals surface area contributed by atoms with E-state index in [1.807, 2.05) is 23.6 Å². The molecule has 1 heterocycles. The maximum Gasteiger partial charge on any atom is 0.199 e. The summed E-state index contributed by atoms with van der Waals surface area (Å²) in [5, 5.41) is 7.81. The van der Waals surface area contributed by atoms with Crippen LogP contribution < -0.4 is 0 Å². The quantitative estimate of drug-likeness (QED) is 0.824. The van der Waals surface area contributed by atoms with E-state index in [-0.39, 0.29) is 0 Å². The van der Waals surface area contributed by atoms with Gasteiger partial charge < -0.3 is 0 Å². The van der Waals surface area contributed by atoms with Crippen molar-refractivity contribution in [2.24, 2.45) is 0 Å². The predicted molar refractivity (Wildman–Crippen MR) is 80.2 cm³/mol. The molecule has 6 heteroatoms. The summed E-state index contributed by atoms with van der Waals surface area (Å²) in [6, 6.07) is 3.90. The smallest absolute Gasteiger partial charge is 0.199 e. The summed E-state index contributed by atoms with van der Waals surface area (Å²) < 4.78 is 3.46. The molecule has 0 radical (unpaired) electrons. The second-order valence-corrected chi connectivity index (χ2v) is 5.73. The summed E-state index contributed by atoms with van der Waals surface area (Å²) in [6.07, 6.45) is 1.88. The molecule has 0 bridgehead atoms. The van der Waals surface area contributed by atoms with Crippen molar-refractivity contribution < 1.29 is 0 Å². The lowest BCUT2D eigenvalue weighted by Gasteiger charge is -2.10. The van der Waals surface area contributed by atoms with E-state index in [1.54, 1.807) is 0 Å². The third kappa shape index (κ3) is 2.53. The molecule has 0 aliphatic carbocycles. The lowest BCUT2D eigenvalue weighted by molar-refractivity contribution is 0.800. The van der Waals surface area contributed by atoms with Gasteiger partial charge in [0.1, 0.15) is 5.82 Å². The molecule has 2 aromatic rings. The zero-order chi connectivity index (χ0) is 13.3. The number of nitrogens with one attached hydrogen (secondary N) is 1. The fraction of sp³-hybridized carbons (Fsp3) is 0.333. The van der Waals surface area contributed by atoms with Crippen molar-refractivity contribution in [3.05, 3.63) is 37.8 Å². The molecule has 0 unspecified atom stereocenters. The van der Waals surface area contributed by atoms with E-state index < -0.39 is 0 Å². The number of benzene rings is 1. The number of rotatable bonds is 3. The molecule has 0 spiro atoms. The Bertz CT molecular complexity index is 633. The number of nitrogens with zero attached hydrogens (tertiary/aromatic N) is 2. The van der Waals surface area contributed by atoms with E-state index in [1.165, 1.54) is 0 Å². The molecular weight excluding hydrogens is 334 g/mol. The number of aryl methyl sites for hydroxylation is 2. The van der Waals surface area contributed by atoms with Gasteiger partial charge in [0.15, 0.2) is 4.77 Å². The third-order valence-corrected chi connectivity index (χ3v) is 4.00. The van der Waals surface area contributed by atoms with Crippen LogP contribution in [0.3, 0.4) is 0 Å². The van der Waals surface area contributed by atoms with Crippen LogP contribution in [-0.2, 0) is 6.42 Å². The van der Waals surface area contributed by atoms with Crippen LogP contribution in [0.25, 0.3) is 5.69 Å². The molecular formula is C12H13BrClN3S. The summed E-state index contributed by atoms with van der Waals surface area (Å²) in [5.41, 5.74) is 1.95. The zero-order valence-electron chi connectivity index (χ0n) is 10.1. The van der Waals surface area contributed by atoms with Gasteiger partial charge >= 0.3 is 0 Å². The van der Waals surface area contributed by atoms with E-state index in [4.69, 9.17) is 23.8 Å². The van der Waals surface area contributed by atoms with Crippen LogP contribution in [-0.4, -0.2) is 14.8 Å². The molecule has 0 aliphatic heterocycles. The van der Waals surface area contributed by atoms with Crippen molar-refractivity contribution in [3.63, 3.8) is 0 Å². The summed E-state index contributed by atoms with van der Waals surface area (Å²) in [5.74, 6) is 0.920. The van der Waals surface area contributed by atoms with E-state index in [9.17, 15) is 0 Å². The lowest BCUT2D eigenvalue weighted by atomic mass is 10.2. The molecule has 0 atom stereocenters. The first kappa shape index (κ1) is 13.8.